The molecule has 3 N–H and O–H groups in total. The van der Waals surface area contributed by atoms with E-state index < -0.39 is 5.60 Å². The molecule has 2 fully saturated rings. The Bertz CT molecular complexity index is 393. The summed E-state index contributed by atoms with van der Waals surface area (Å²) in [6.07, 6.45) is 3.64. The summed E-state index contributed by atoms with van der Waals surface area (Å²) in [5.74, 6) is 1.56. The second kappa shape index (κ2) is 11.6. The van der Waals surface area contributed by atoms with E-state index in [2.05, 4.69) is 41.3 Å². The fraction of sp³-hybridized carbons (Fsp3) is 0.944. The molecule has 2 aliphatic rings. The largest absolute Gasteiger partial charge is 0.388 e. The van der Waals surface area contributed by atoms with Gasteiger partial charge in [0.2, 0.25) is 0 Å². The standard InChI is InChI=1S/C18H36N4O2.HI/c1-4-19-17(20-14-18(23)7-11-24-12-8-18)21-16-5-9-22(10-6-16)13-15(2)3;/h15-16,23H,4-14H2,1-3H3,(H2,19,20,21);1H. The highest BCUT2D eigenvalue weighted by Crippen LogP contribution is 2.20. The summed E-state index contributed by atoms with van der Waals surface area (Å²) in [5.41, 5.74) is -0.707. The molecular weight excluding hydrogens is 431 g/mol. The van der Waals surface area contributed by atoms with Crippen LogP contribution in [-0.2, 0) is 4.74 Å². The first-order valence-corrected chi connectivity index (χ1v) is 9.58. The summed E-state index contributed by atoms with van der Waals surface area (Å²) < 4.78 is 5.33. The summed E-state index contributed by atoms with van der Waals surface area (Å²) in [6.45, 7) is 12.7. The Hall–Kier alpha value is -0.120. The molecule has 25 heavy (non-hydrogen) atoms. The molecule has 0 amide bonds. The SMILES string of the molecule is CCNC(=NCC1(O)CCOCC1)NC1CCN(CC(C)C)CC1.I. The van der Waals surface area contributed by atoms with Crippen molar-refractivity contribution in [1.29, 1.82) is 0 Å². The van der Waals surface area contributed by atoms with Crippen LogP contribution in [0.15, 0.2) is 4.99 Å². The van der Waals surface area contributed by atoms with Crippen molar-refractivity contribution in [2.75, 3.05) is 45.9 Å². The average molecular weight is 468 g/mol. The summed E-state index contributed by atoms with van der Waals surface area (Å²) in [5, 5.41) is 17.4. The Morgan fingerprint density at radius 3 is 2.48 bits per heavy atom. The molecule has 6 nitrogen and oxygen atoms in total. The van der Waals surface area contributed by atoms with Gasteiger partial charge in [-0.1, -0.05) is 13.8 Å². The van der Waals surface area contributed by atoms with E-state index in [4.69, 9.17) is 4.74 Å². The van der Waals surface area contributed by atoms with Gasteiger partial charge in [-0.2, -0.15) is 0 Å². The minimum Gasteiger partial charge on any atom is -0.388 e. The van der Waals surface area contributed by atoms with Crippen molar-refractivity contribution in [1.82, 2.24) is 15.5 Å². The van der Waals surface area contributed by atoms with E-state index in [1.54, 1.807) is 0 Å². The second-order valence-electron chi connectivity index (χ2n) is 7.64. The molecule has 2 aliphatic heterocycles. The third kappa shape index (κ3) is 8.41. The number of halogens is 1. The number of aliphatic imine (C=N–C) groups is 1. The molecule has 0 radical (unpaired) electrons. The second-order valence-corrected chi connectivity index (χ2v) is 7.64. The summed E-state index contributed by atoms with van der Waals surface area (Å²) in [6, 6.07) is 0.468. The lowest BCUT2D eigenvalue weighted by molar-refractivity contribution is -0.0566. The minimum absolute atomic E-state index is 0. The third-order valence-electron chi connectivity index (χ3n) is 4.85. The molecular formula is C18H37IN4O2. The number of aliphatic hydroxyl groups is 1. The smallest absolute Gasteiger partial charge is 0.191 e. The number of nitrogens with one attached hydrogen (secondary N) is 2. The Morgan fingerprint density at radius 1 is 1.28 bits per heavy atom. The number of nitrogens with zero attached hydrogens (tertiary/aromatic N) is 2. The first kappa shape index (κ1) is 22.9. The summed E-state index contributed by atoms with van der Waals surface area (Å²) in [4.78, 5) is 7.20. The van der Waals surface area contributed by atoms with Crippen LogP contribution in [-0.4, -0.2) is 73.5 Å². The Morgan fingerprint density at radius 2 is 1.92 bits per heavy atom. The van der Waals surface area contributed by atoms with Gasteiger partial charge in [-0.05, 0) is 25.7 Å². The fourth-order valence-corrected chi connectivity index (χ4v) is 3.43. The molecule has 2 saturated heterocycles. The van der Waals surface area contributed by atoms with Crippen molar-refractivity contribution in [2.45, 2.75) is 58.1 Å². The van der Waals surface area contributed by atoms with E-state index in [0.29, 0.717) is 38.6 Å². The van der Waals surface area contributed by atoms with Gasteiger partial charge in [0.05, 0.1) is 12.1 Å². The van der Waals surface area contributed by atoms with Crippen molar-refractivity contribution in [2.24, 2.45) is 10.9 Å². The van der Waals surface area contributed by atoms with Crippen LogP contribution < -0.4 is 10.6 Å². The summed E-state index contributed by atoms with van der Waals surface area (Å²) >= 11 is 0. The van der Waals surface area contributed by atoms with E-state index in [9.17, 15) is 5.11 Å². The number of likely N-dealkylation sites (tertiary alicyclic amines) is 1. The number of hydrogen-bond acceptors (Lipinski definition) is 4. The maximum Gasteiger partial charge on any atom is 0.191 e. The monoisotopic (exact) mass is 468 g/mol. The van der Waals surface area contributed by atoms with E-state index in [-0.39, 0.29) is 24.0 Å². The molecule has 0 spiro atoms. The predicted molar refractivity (Wildman–Crippen MR) is 114 cm³/mol. The third-order valence-corrected chi connectivity index (χ3v) is 4.85. The van der Waals surface area contributed by atoms with Gasteiger partial charge < -0.3 is 25.4 Å². The van der Waals surface area contributed by atoms with Crippen LogP contribution in [0.25, 0.3) is 0 Å². The quantitative estimate of drug-likeness (QED) is 0.315. The van der Waals surface area contributed by atoms with Crippen LogP contribution in [0.1, 0.15) is 46.5 Å². The molecule has 0 aromatic rings. The maximum absolute atomic E-state index is 10.6. The van der Waals surface area contributed by atoms with Crippen molar-refractivity contribution >= 4 is 29.9 Å². The maximum atomic E-state index is 10.6. The molecule has 2 rings (SSSR count). The van der Waals surface area contributed by atoms with Gasteiger partial charge in [-0.3, -0.25) is 4.99 Å². The van der Waals surface area contributed by atoms with Gasteiger partial charge in [0.1, 0.15) is 0 Å². The summed E-state index contributed by atoms with van der Waals surface area (Å²) in [7, 11) is 0. The number of piperidine rings is 1. The topological polar surface area (TPSA) is 69.1 Å². The van der Waals surface area contributed by atoms with Gasteiger partial charge in [0.25, 0.3) is 0 Å². The molecule has 0 bridgehead atoms. The minimum atomic E-state index is -0.707. The number of hydrogen-bond donors (Lipinski definition) is 3. The van der Waals surface area contributed by atoms with Crippen molar-refractivity contribution in [3.8, 4) is 0 Å². The normalized spacial score (nSPS) is 22.5. The van der Waals surface area contributed by atoms with Crippen LogP contribution >= 0.6 is 24.0 Å². The Kier molecular flexibility index (Phi) is 10.6. The van der Waals surface area contributed by atoms with Gasteiger partial charge >= 0.3 is 0 Å². The van der Waals surface area contributed by atoms with E-state index in [1.807, 2.05) is 0 Å². The number of ether oxygens (including phenoxy) is 1. The lowest BCUT2D eigenvalue weighted by atomic mass is 9.95. The van der Waals surface area contributed by atoms with Gasteiger partial charge in [0, 0.05) is 58.3 Å². The lowest BCUT2D eigenvalue weighted by Crippen LogP contribution is -2.50. The molecule has 0 aliphatic carbocycles. The highest BCUT2D eigenvalue weighted by Gasteiger charge is 2.29. The first-order chi connectivity index (χ1) is 11.5. The zero-order valence-corrected chi connectivity index (χ0v) is 18.4. The average Bonchev–Trinajstić information content (AvgIpc) is 2.55. The van der Waals surface area contributed by atoms with Gasteiger partial charge in [0.15, 0.2) is 5.96 Å². The van der Waals surface area contributed by atoms with Crippen molar-refractivity contribution in [3.63, 3.8) is 0 Å². The van der Waals surface area contributed by atoms with Crippen LogP contribution in [0.4, 0.5) is 0 Å². The molecule has 7 heteroatoms. The van der Waals surface area contributed by atoms with Crippen LogP contribution in [0.3, 0.4) is 0 Å². The van der Waals surface area contributed by atoms with Gasteiger partial charge in [-0.25, -0.2) is 0 Å². The zero-order valence-electron chi connectivity index (χ0n) is 16.1. The molecule has 0 aromatic heterocycles. The van der Waals surface area contributed by atoms with Gasteiger partial charge in [-0.15, -0.1) is 24.0 Å². The number of guanidine groups is 1. The van der Waals surface area contributed by atoms with Crippen molar-refractivity contribution < 1.29 is 9.84 Å². The molecule has 0 unspecified atom stereocenters. The number of rotatable bonds is 6. The van der Waals surface area contributed by atoms with E-state index >= 15 is 0 Å². The zero-order chi connectivity index (χ0) is 17.4. The van der Waals surface area contributed by atoms with Crippen LogP contribution in [0.2, 0.25) is 0 Å². The molecule has 0 atom stereocenters. The Balaban J connectivity index is 0.00000312. The molecule has 148 valence electrons. The van der Waals surface area contributed by atoms with Crippen LogP contribution in [0.5, 0.6) is 0 Å². The van der Waals surface area contributed by atoms with E-state index in [0.717, 1.165) is 44.4 Å². The van der Waals surface area contributed by atoms with Crippen molar-refractivity contribution in [3.05, 3.63) is 0 Å². The first-order valence-electron chi connectivity index (χ1n) is 9.58. The highest BCUT2D eigenvalue weighted by molar-refractivity contribution is 14.0. The molecule has 0 saturated carbocycles. The predicted octanol–water partition coefficient (Wildman–Crippen LogP) is 1.82. The fourth-order valence-electron chi connectivity index (χ4n) is 3.43. The van der Waals surface area contributed by atoms with E-state index in [1.165, 1.54) is 6.54 Å². The van der Waals surface area contributed by atoms with Crippen LogP contribution in [0, 0.1) is 5.92 Å². The lowest BCUT2D eigenvalue weighted by Gasteiger charge is -2.34. The Labute approximate surface area is 170 Å². The molecule has 2 heterocycles. The highest BCUT2D eigenvalue weighted by atomic mass is 127. The molecule has 0 aromatic carbocycles.